The number of carbonyl (C=O) groups excluding carboxylic acids is 4. The molecule has 3 aromatic carbocycles. The van der Waals surface area contributed by atoms with Crippen molar-refractivity contribution in [3.63, 3.8) is 0 Å². The number of hydrogen-bond acceptors (Lipinski definition) is 7. The highest BCUT2D eigenvalue weighted by molar-refractivity contribution is 5.92. The molecule has 0 spiro atoms. The number of fused-ring (bicyclic) bond motifs is 2. The van der Waals surface area contributed by atoms with E-state index in [2.05, 4.69) is 20.6 Å². The van der Waals surface area contributed by atoms with Crippen LogP contribution in [-0.2, 0) is 25.7 Å². The fourth-order valence-electron chi connectivity index (χ4n) is 7.44. The predicted octanol–water partition coefficient (Wildman–Crippen LogP) is 5.43. The number of nitrogens with zero attached hydrogens (tertiary/aromatic N) is 3. The molecule has 0 aliphatic carbocycles. The second-order valence-electron chi connectivity index (χ2n) is 14.0. The average molecular weight is 752 g/mol. The highest BCUT2D eigenvalue weighted by Crippen LogP contribution is 2.30. The van der Waals surface area contributed by atoms with Crippen LogP contribution in [0.4, 0.5) is 9.59 Å². The van der Waals surface area contributed by atoms with E-state index in [-0.39, 0.29) is 24.8 Å². The number of esters is 1. The minimum atomic E-state index is -1.03. The summed E-state index contributed by atoms with van der Waals surface area (Å²) in [6.07, 6.45) is 3.75. The van der Waals surface area contributed by atoms with Gasteiger partial charge in [0.2, 0.25) is 5.91 Å². The van der Waals surface area contributed by atoms with Crippen LogP contribution in [-0.4, -0.2) is 94.2 Å². The van der Waals surface area contributed by atoms with E-state index in [0.717, 1.165) is 33.1 Å². The number of urea groups is 1. The van der Waals surface area contributed by atoms with Crippen molar-refractivity contribution in [2.45, 2.75) is 69.7 Å². The Labute approximate surface area is 319 Å². The Kier molecular flexibility index (Phi) is 12.5. The maximum absolute atomic E-state index is 14.5. The van der Waals surface area contributed by atoms with Gasteiger partial charge in [0, 0.05) is 55.7 Å². The number of likely N-dealkylation sites (N-methyl/N-ethyl adjacent to an activating group) is 1. The SMILES string of the molecule is COC(=O)[C@H](CCCCNC(=O)OCc1ccccc1)N(C)C(=O)C(NC(=O)N1CCC(n2c(=O)[nH]c3ccccc32)CC1)C(C)c1c[nH]c2ccccc12. The molecule has 1 aliphatic heterocycles. The molecule has 290 valence electrons. The van der Waals surface area contributed by atoms with Crippen molar-refractivity contribution in [2.75, 3.05) is 33.8 Å². The first kappa shape index (κ1) is 38.7. The molecule has 0 saturated carbocycles. The summed E-state index contributed by atoms with van der Waals surface area (Å²) in [6.45, 7) is 3.14. The number of hydrogen-bond donors (Lipinski definition) is 4. The lowest BCUT2D eigenvalue weighted by atomic mass is 9.91. The van der Waals surface area contributed by atoms with E-state index in [4.69, 9.17) is 9.47 Å². The van der Waals surface area contributed by atoms with Gasteiger partial charge in [0.25, 0.3) is 0 Å². The lowest BCUT2D eigenvalue weighted by molar-refractivity contribution is -0.152. The number of alkyl carbamates (subject to hydrolysis) is 1. The first-order valence-electron chi connectivity index (χ1n) is 18.8. The molecule has 1 aliphatic rings. The second kappa shape index (κ2) is 17.9. The normalized spacial score (nSPS) is 14.9. The van der Waals surface area contributed by atoms with E-state index >= 15 is 0 Å². The Morgan fingerprint density at radius 3 is 2.36 bits per heavy atom. The monoisotopic (exact) mass is 751 g/mol. The minimum absolute atomic E-state index is 0.0858. The van der Waals surface area contributed by atoms with Crippen LogP contribution in [0.2, 0.25) is 0 Å². The largest absolute Gasteiger partial charge is 0.467 e. The van der Waals surface area contributed by atoms with Crippen molar-refractivity contribution in [3.05, 3.63) is 107 Å². The minimum Gasteiger partial charge on any atom is -0.467 e. The highest BCUT2D eigenvalue weighted by atomic mass is 16.5. The van der Waals surface area contributed by atoms with Crippen LogP contribution in [0.15, 0.2) is 89.9 Å². The van der Waals surface area contributed by atoms with Gasteiger partial charge in [-0.3, -0.25) is 9.36 Å². The van der Waals surface area contributed by atoms with Gasteiger partial charge in [-0.1, -0.05) is 67.6 Å². The Morgan fingerprint density at radius 1 is 0.927 bits per heavy atom. The third-order valence-corrected chi connectivity index (χ3v) is 10.6. The van der Waals surface area contributed by atoms with Crippen molar-refractivity contribution in [2.24, 2.45) is 0 Å². The van der Waals surface area contributed by atoms with E-state index < -0.39 is 42.0 Å². The molecule has 3 atom stereocenters. The molecule has 55 heavy (non-hydrogen) atoms. The molecular weight excluding hydrogens is 702 g/mol. The number of unbranched alkanes of at least 4 members (excludes halogenated alkanes) is 1. The zero-order chi connectivity index (χ0) is 38.9. The van der Waals surface area contributed by atoms with Gasteiger partial charge in [-0.2, -0.15) is 0 Å². The number of rotatable bonds is 14. The van der Waals surface area contributed by atoms with Crippen LogP contribution in [0.5, 0.6) is 0 Å². The number of piperidine rings is 1. The van der Waals surface area contributed by atoms with Gasteiger partial charge in [-0.15, -0.1) is 0 Å². The van der Waals surface area contributed by atoms with Crippen LogP contribution in [0.25, 0.3) is 21.9 Å². The molecule has 2 aromatic heterocycles. The number of ether oxygens (including phenoxy) is 2. The molecule has 3 heterocycles. The predicted molar refractivity (Wildman–Crippen MR) is 208 cm³/mol. The van der Waals surface area contributed by atoms with Crippen molar-refractivity contribution < 1.29 is 28.7 Å². The second-order valence-corrected chi connectivity index (χ2v) is 14.0. The van der Waals surface area contributed by atoms with E-state index in [0.29, 0.717) is 45.3 Å². The van der Waals surface area contributed by atoms with Crippen LogP contribution < -0.4 is 16.3 Å². The summed E-state index contributed by atoms with van der Waals surface area (Å²) < 4.78 is 12.2. The summed E-state index contributed by atoms with van der Waals surface area (Å²) >= 11 is 0. The molecule has 0 bridgehead atoms. The Balaban J connectivity index is 1.11. The summed E-state index contributed by atoms with van der Waals surface area (Å²) in [6, 6.07) is 22.2. The molecule has 0 radical (unpaired) electrons. The summed E-state index contributed by atoms with van der Waals surface area (Å²) in [4.78, 5) is 75.8. The lowest BCUT2D eigenvalue weighted by Crippen LogP contribution is -2.57. The van der Waals surface area contributed by atoms with Gasteiger partial charge in [0.15, 0.2) is 0 Å². The van der Waals surface area contributed by atoms with Gasteiger partial charge in [-0.25, -0.2) is 19.2 Å². The van der Waals surface area contributed by atoms with Crippen molar-refractivity contribution in [1.82, 2.24) is 35.0 Å². The van der Waals surface area contributed by atoms with Gasteiger partial charge in [0.05, 0.1) is 18.1 Å². The lowest BCUT2D eigenvalue weighted by Gasteiger charge is -2.36. The van der Waals surface area contributed by atoms with Crippen LogP contribution in [0, 0.1) is 0 Å². The summed E-state index contributed by atoms with van der Waals surface area (Å²) in [5, 5.41) is 6.68. The number of aromatic nitrogens is 3. The number of H-pyrrole nitrogens is 2. The zero-order valence-corrected chi connectivity index (χ0v) is 31.5. The standard InChI is InChI=1S/C41H49N7O7/c1-27(31-25-43-32-16-8-7-15-30(31)32)36(45-39(51)47-23-20-29(21-24-47)48-34-18-10-9-17-33(34)44-40(48)52)37(49)46(2)35(38(50)54-3)19-11-12-22-42-41(53)55-26-28-13-5-4-6-14-28/h4-10,13-18,25,27,29,35-36,43H,11-12,19-24,26H2,1-3H3,(H,42,53)(H,44,52)(H,45,51)/t27?,35-,36?/m0/s1. The number of nitrogens with one attached hydrogen (secondary N) is 4. The van der Waals surface area contributed by atoms with Crippen molar-refractivity contribution in [3.8, 4) is 0 Å². The number of imidazole rings is 1. The van der Waals surface area contributed by atoms with Gasteiger partial charge < -0.3 is 39.9 Å². The Hall–Kier alpha value is -6.05. The van der Waals surface area contributed by atoms with Crippen LogP contribution in [0.1, 0.15) is 62.1 Å². The fraction of sp³-hybridized carbons (Fsp3) is 0.390. The average Bonchev–Trinajstić information content (AvgIpc) is 3.80. The first-order valence-corrected chi connectivity index (χ1v) is 18.8. The maximum Gasteiger partial charge on any atom is 0.407 e. The molecule has 4 N–H and O–H groups in total. The number of aromatic amines is 2. The van der Waals surface area contributed by atoms with Crippen LogP contribution in [0.3, 0.4) is 0 Å². The summed E-state index contributed by atoms with van der Waals surface area (Å²) in [5.41, 5.74) is 4.04. The van der Waals surface area contributed by atoms with E-state index in [1.807, 2.05) is 92.0 Å². The van der Waals surface area contributed by atoms with Crippen molar-refractivity contribution in [1.29, 1.82) is 0 Å². The fourth-order valence-corrected chi connectivity index (χ4v) is 7.44. The molecule has 1 fully saturated rings. The number of likely N-dealkylation sites (tertiary alicyclic amines) is 1. The quantitative estimate of drug-likeness (QED) is 0.0867. The summed E-state index contributed by atoms with van der Waals surface area (Å²) in [5.74, 6) is -1.50. The highest BCUT2D eigenvalue weighted by Gasteiger charge is 2.38. The Bertz CT molecular complexity index is 2150. The molecule has 4 amide bonds. The third-order valence-electron chi connectivity index (χ3n) is 10.6. The number of benzene rings is 3. The number of amides is 4. The number of para-hydroxylation sites is 3. The number of methoxy groups -OCH3 is 1. The maximum atomic E-state index is 14.5. The molecule has 5 aromatic rings. The van der Waals surface area contributed by atoms with E-state index in [1.165, 1.54) is 12.0 Å². The first-order chi connectivity index (χ1) is 26.7. The third kappa shape index (κ3) is 9.02. The van der Waals surface area contributed by atoms with Gasteiger partial charge in [-0.05, 0) is 61.4 Å². The van der Waals surface area contributed by atoms with E-state index in [1.54, 1.807) is 16.5 Å². The molecule has 14 nitrogen and oxygen atoms in total. The molecule has 2 unspecified atom stereocenters. The molecular formula is C41H49N7O7. The molecule has 14 heteroatoms. The van der Waals surface area contributed by atoms with Crippen LogP contribution >= 0.6 is 0 Å². The topological polar surface area (TPSA) is 171 Å². The van der Waals surface area contributed by atoms with Crippen molar-refractivity contribution >= 4 is 45.9 Å². The smallest absolute Gasteiger partial charge is 0.407 e. The van der Waals surface area contributed by atoms with Gasteiger partial charge >= 0.3 is 23.8 Å². The molecule has 1 saturated heterocycles. The zero-order valence-electron chi connectivity index (χ0n) is 31.5. The molecule has 6 rings (SSSR count). The number of carbonyl (C=O) groups is 4. The van der Waals surface area contributed by atoms with E-state index in [9.17, 15) is 24.0 Å². The van der Waals surface area contributed by atoms with Gasteiger partial charge in [0.1, 0.15) is 18.7 Å². The Morgan fingerprint density at radius 2 is 1.62 bits per heavy atom. The summed E-state index contributed by atoms with van der Waals surface area (Å²) in [7, 11) is 2.83.